The van der Waals surface area contributed by atoms with Crippen LogP contribution in [0.25, 0.3) is 0 Å². The van der Waals surface area contributed by atoms with Crippen molar-refractivity contribution in [1.29, 1.82) is 0 Å². The molecule has 1 aromatic heterocycles. The van der Waals surface area contributed by atoms with Gasteiger partial charge in [-0.15, -0.1) is 11.3 Å². The number of rotatable bonds is 3. The highest BCUT2D eigenvalue weighted by Gasteiger charge is 2.23. The van der Waals surface area contributed by atoms with Crippen molar-refractivity contribution in [3.8, 4) is 0 Å². The Morgan fingerprint density at radius 3 is 3.14 bits per heavy atom. The summed E-state index contributed by atoms with van der Waals surface area (Å²) >= 11 is 5.19. The highest BCUT2D eigenvalue weighted by Crippen LogP contribution is 2.25. The molecule has 1 aliphatic heterocycles. The Bertz CT molecular complexity index is 302. The molecular formula is C10H14BrNOS. The molecule has 0 bridgehead atoms. The van der Waals surface area contributed by atoms with E-state index in [0.717, 1.165) is 19.5 Å². The van der Waals surface area contributed by atoms with Gasteiger partial charge in [0.05, 0.1) is 10.4 Å². The van der Waals surface area contributed by atoms with Crippen LogP contribution in [0.2, 0.25) is 0 Å². The molecular weight excluding hydrogens is 262 g/mol. The van der Waals surface area contributed by atoms with Crippen molar-refractivity contribution in [3.63, 3.8) is 0 Å². The summed E-state index contributed by atoms with van der Waals surface area (Å²) in [5.74, 6) is 0. The van der Waals surface area contributed by atoms with Crippen molar-refractivity contribution < 1.29 is 5.11 Å². The minimum Gasteiger partial charge on any atom is -0.395 e. The quantitative estimate of drug-likeness (QED) is 0.916. The summed E-state index contributed by atoms with van der Waals surface area (Å²) in [6.07, 6.45) is 2.36. The Labute approximate surface area is 96.7 Å². The van der Waals surface area contributed by atoms with Crippen molar-refractivity contribution in [2.45, 2.75) is 25.4 Å². The van der Waals surface area contributed by atoms with Crippen molar-refractivity contribution in [2.75, 3.05) is 13.2 Å². The fourth-order valence-corrected chi connectivity index (χ4v) is 3.17. The lowest BCUT2D eigenvalue weighted by atomic mass is 10.2. The van der Waals surface area contributed by atoms with Crippen molar-refractivity contribution in [3.05, 3.63) is 20.8 Å². The van der Waals surface area contributed by atoms with Crippen LogP contribution >= 0.6 is 27.3 Å². The lowest BCUT2D eigenvalue weighted by Gasteiger charge is -2.21. The van der Waals surface area contributed by atoms with E-state index < -0.39 is 0 Å². The molecule has 0 spiro atoms. The van der Waals surface area contributed by atoms with Gasteiger partial charge < -0.3 is 5.11 Å². The number of thiophene rings is 1. The third-order valence-electron chi connectivity index (χ3n) is 2.72. The topological polar surface area (TPSA) is 23.5 Å². The molecule has 1 fully saturated rings. The third-order valence-corrected chi connectivity index (χ3v) is 4.27. The number of aliphatic hydroxyl groups is 1. The first-order valence-corrected chi connectivity index (χ1v) is 6.54. The zero-order valence-corrected chi connectivity index (χ0v) is 10.4. The van der Waals surface area contributed by atoms with Crippen LogP contribution in [-0.4, -0.2) is 29.2 Å². The van der Waals surface area contributed by atoms with E-state index >= 15 is 0 Å². The van der Waals surface area contributed by atoms with E-state index in [1.165, 1.54) is 15.8 Å². The standard InChI is InChI=1S/C10H14BrNOS/c11-10-4-8(7-14-10)5-12-3-1-2-9(12)6-13/h4,7,9,13H,1-3,5-6H2. The highest BCUT2D eigenvalue weighted by atomic mass is 79.9. The van der Waals surface area contributed by atoms with Gasteiger partial charge in [-0.25, -0.2) is 0 Å². The maximum atomic E-state index is 9.17. The van der Waals surface area contributed by atoms with Crippen LogP contribution in [0.5, 0.6) is 0 Å². The van der Waals surface area contributed by atoms with Gasteiger partial charge >= 0.3 is 0 Å². The van der Waals surface area contributed by atoms with Gasteiger partial charge in [0.2, 0.25) is 0 Å². The molecule has 1 unspecified atom stereocenters. The lowest BCUT2D eigenvalue weighted by Crippen LogP contribution is -2.31. The smallest absolute Gasteiger partial charge is 0.0701 e. The second kappa shape index (κ2) is 4.75. The van der Waals surface area contributed by atoms with Gasteiger partial charge in [-0.3, -0.25) is 4.90 Å². The summed E-state index contributed by atoms with van der Waals surface area (Å²) in [5.41, 5.74) is 1.35. The summed E-state index contributed by atoms with van der Waals surface area (Å²) in [6, 6.07) is 2.55. The largest absolute Gasteiger partial charge is 0.395 e. The highest BCUT2D eigenvalue weighted by molar-refractivity contribution is 9.11. The molecule has 2 heterocycles. The van der Waals surface area contributed by atoms with E-state index in [1.807, 2.05) is 0 Å². The van der Waals surface area contributed by atoms with Crippen LogP contribution < -0.4 is 0 Å². The molecule has 14 heavy (non-hydrogen) atoms. The molecule has 0 amide bonds. The van der Waals surface area contributed by atoms with Gasteiger partial charge in [0.15, 0.2) is 0 Å². The van der Waals surface area contributed by atoms with E-state index in [-0.39, 0.29) is 0 Å². The summed E-state index contributed by atoms with van der Waals surface area (Å²) in [6.45, 7) is 2.40. The summed E-state index contributed by atoms with van der Waals surface area (Å²) < 4.78 is 1.19. The first kappa shape index (κ1) is 10.6. The van der Waals surface area contributed by atoms with Crippen molar-refractivity contribution >= 4 is 27.3 Å². The molecule has 0 aliphatic carbocycles. The maximum absolute atomic E-state index is 9.17. The number of likely N-dealkylation sites (tertiary alicyclic amines) is 1. The van der Waals surface area contributed by atoms with Crippen LogP contribution in [0.3, 0.4) is 0 Å². The Hall–Kier alpha value is 0.100. The molecule has 1 N–H and O–H groups in total. The molecule has 0 radical (unpaired) electrons. The molecule has 2 rings (SSSR count). The number of nitrogens with zero attached hydrogens (tertiary/aromatic N) is 1. The third kappa shape index (κ3) is 2.37. The Kier molecular flexibility index (Phi) is 3.60. The summed E-state index contributed by atoms with van der Waals surface area (Å²) in [4.78, 5) is 2.37. The van der Waals surface area contributed by atoms with Crippen LogP contribution in [0.4, 0.5) is 0 Å². The molecule has 0 saturated carbocycles. The predicted octanol–water partition coefficient (Wildman–Crippen LogP) is 2.47. The number of hydrogen-bond acceptors (Lipinski definition) is 3. The van der Waals surface area contributed by atoms with E-state index in [0.29, 0.717) is 12.6 Å². The van der Waals surface area contributed by atoms with Crippen LogP contribution in [0.15, 0.2) is 15.2 Å². The Morgan fingerprint density at radius 1 is 1.64 bits per heavy atom. The van der Waals surface area contributed by atoms with E-state index in [1.54, 1.807) is 11.3 Å². The molecule has 0 aromatic carbocycles. The first-order valence-electron chi connectivity index (χ1n) is 4.87. The second-order valence-electron chi connectivity index (χ2n) is 3.71. The van der Waals surface area contributed by atoms with Gasteiger partial charge in [-0.05, 0) is 52.3 Å². The molecule has 2 nitrogen and oxygen atoms in total. The molecule has 1 aliphatic rings. The van der Waals surface area contributed by atoms with E-state index in [4.69, 9.17) is 0 Å². The zero-order valence-electron chi connectivity index (χ0n) is 7.95. The Morgan fingerprint density at radius 2 is 2.50 bits per heavy atom. The molecule has 78 valence electrons. The zero-order chi connectivity index (χ0) is 9.97. The fraction of sp³-hybridized carbons (Fsp3) is 0.600. The lowest BCUT2D eigenvalue weighted by molar-refractivity contribution is 0.154. The average molecular weight is 276 g/mol. The van der Waals surface area contributed by atoms with Gasteiger partial charge in [-0.1, -0.05) is 0 Å². The summed E-state index contributed by atoms with van der Waals surface area (Å²) in [7, 11) is 0. The predicted molar refractivity (Wildman–Crippen MR) is 62.5 cm³/mol. The van der Waals surface area contributed by atoms with Gasteiger partial charge in [0, 0.05) is 12.6 Å². The fourth-order valence-electron chi connectivity index (χ4n) is 1.97. The molecule has 1 atom stereocenters. The van der Waals surface area contributed by atoms with E-state index in [9.17, 15) is 5.11 Å². The first-order chi connectivity index (χ1) is 6.79. The maximum Gasteiger partial charge on any atom is 0.0701 e. The monoisotopic (exact) mass is 275 g/mol. The Balaban J connectivity index is 1.96. The second-order valence-corrected chi connectivity index (χ2v) is 6.00. The SMILES string of the molecule is OCC1CCCN1Cc1csc(Br)c1. The van der Waals surface area contributed by atoms with Crippen LogP contribution in [-0.2, 0) is 6.54 Å². The normalized spacial score (nSPS) is 23.1. The van der Waals surface area contributed by atoms with Crippen molar-refractivity contribution in [2.24, 2.45) is 0 Å². The minimum atomic E-state index is 0.297. The van der Waals surface area contributed by atoms with Crippen LogP contribution in [0.1, 0.15) is 18.4 Å². The molecule has 4 heteroatoms. The van der Waals surface area contributed by atoms with Gasteiger partial charge in [0.1, 0.15) is 0 Å². The average Bonchev–Trinajstić information content (AvgIpc) is 2.76. The van der Waals surface area contributed by atoms with Gasteiger partial charge in [-0.2, -0.15) is 0 Å². The number of aliphatic hydroxyl groups excluding tert-OH is 1. The number of hydrogen-bond donors (Lipinski definition) is 1. The van der Waals surface area contributed by atoms with Gasteiger partial charge in [0.25, 0.3) is 0 Å². The number of halogens is 1. The molecule has 1 saturated heterocycles. The van der Waals surface area contributed by atoms with Crippen LogP contribution in [0, 0.1) is 0 Å². The molecule has 1 aromatic rings. The van der Waals surface area contributed by atoms with E-state index in [2.05, 4.69) is 32.3 Å². The van der Waals surface area contributed by atoms with Crippen molar-refractivity contribution in [1.82, 2.24) is 4.90 Å². The minimum absolute atomic E-state index is 0.297. The summed E-state index contributed by atoms with van der Waals surface area (Å²) in [5, 5.41) is 11.3.